The third kappa shape index (κ3) is 3.09. The molecule has 3 aromatic rings. The number of ether oxygens (including phenoxy) is 3. The van der Waals surface area contributed by atoms with E-state index in [0.717, 1.165) is 11.1 Å². The Morgan fingerprint density at radius 1 is 1.00 bits per heavy atom. The van der Waals surface area contributed by atoms with Gasteiger partial charge in [-0.25, -0.2) is 4.98 Å². The Bertz CT molecular complexity index is 980. The number of hydrogen-bond acceptors (Lipinski definition) is 6. The standard InChI is InChI=1S/C19H20N2O5/c1-24-15-8-14-16(18(26-3)17(15)25-2)20-11-21(19(14)23)9-12-4-6-13(10-22)7-5-12/h4-8,11,22H,9-10H2,1-3H3. The van der Waals surface area contributed by atoms with Crippen LogP contribution in [0, 0.1) is 0 Å². The second-order valence-electron chi connectivity index (χ2n) is 5.69. The molecule has 7 heteroatoms. The van der Waals surface area contributed by atoms with Gasteiger partial charge < -0.3 is 19.3 Å². The Labute approximate surface area is 150 Å². The van der Waals surface area contributed by atoms with Crippen molar-refractivity contribution in [2.45, 2.75) is 13.2 Å². The zero-order valence-corrected chi connectivity index (χ0v) is 14.9. The molecule has 0 fully saturated rings. The predicted molar refractivity (Wildman–Crippen MR) is 97.1 cm³/mol. The Hall–Kier alpha value is -3.06. The summed E-state index contributed by atoms with van der Waals surface area (Å²) in [6.07, 6.45) is 1.49. The first kappa shape index (κ1) is 17.8. The molecular formula is C19H20N2O5. The van der Waals surface area contributed by atoms with Crippen LogP contribution in [0.25, 0.3) is 10.9 Å². The van der Waals surface area contributed by atoms with Gasteiger partial charge in [0.2, 0.25) is 5.75 Å². The van der Waals surface area contributed by atoms with Crippen molar-refractivity contribution in [3.63, 3.8) is 0 Å². The number of methoxy groups -OCH3 is 3. The minimum absolute atomic E-state index is 0.0147. The third-order valence-electron chi connectivity index (χ3n) is 4.18. The van der Waals surface area contributed by atoms with Gasteiger partial charge in [-0.2, -0.15) is 0 Å². The summed E-state index contributed by atoms with van der Waals surface area (Å²) in [5, 5.41) is 9.51. The molecule has 0 aliphatic rings. The van der Waals surface area contributed by atoms with E-state index in [2.05, 4.69) is 4.98 Å². The fourth-order valence-electron chi connectivity index (χ4n) is 2.83. The van der Waals surface area contributed by atoms with Gasteiger partial charge in [-0.1, -0.05) is 24.3 Å². The molecular weight excluding hydrogens is 336 g/mol. The fourth-order valence-corrected chi connectivity index (χ4v) is 2.83. The Balaban J connectivity index is 2.11. The molecule has 0 spiro atoms. The maximum absolute atomic E-state index is 12.9. The smallest absolute Gasteiger partial charge is 0.261 e. The highest BCUT2D eigenvalue weighted by Gasteiger charge is 2.19. The predicted octanol–water partition coefficient (Wildman–Crippen LogP) is 1.96. The Kier molecular flexibility index (Phi) is 5.09. The fraction of sp³-hybridized carbons (Fsp3) is 0.263. The van der Waals surface area contributed by atoms with Crippen LogP contribution in [0.1, 0.15) is 11.1 Å². The van der Waals surface area contributed by atoms with E-state index in [-0.39, 0.29) is 12.2 Å². The van der Waals surface area contributed by atoms with E-state index in [1.807, 2.05) is 24.3 Å². The maximum Gasteiger partial charge on any atom is 0.261 e. The van der Waals surface area contributed by atoms with Crippen LogP contribution < -0.4 is 19.8 Å². The number of hydrogen-bond donors (Lipinski definition) is 1. The van der Waals surface area contributed by atoms with Gasteiger partial charge in [-0.05, 0) is 17.2 Å². The first-order valence-corrected chi connectivity index (χ1v) is 7.99. The normalized spacial score (nSPS) is 10.8. The summed E-state index contributed by atoms with van der Waals surface area (Å²) in [5.41, 5.74) is 1.96. The Morgan fingerprint density at radius 2 is 1.65 bits per heavy atom. The highest BCUT2D eigenvalue weighted by Crippen LogP contribution is 2.41. The summed E-state index contributed by atoms with van der Waals surface area (Å²) in [4.78, 5) is 17.3. The zero-order chi connectivity index (χ0) is 18.7. The third-order valence-corrected chi connectivity index (χ3v) is 4.18. The number of aliphatic hydroxyl groups excluding tert-OH is 1. The number of benzene rings is 2. The van der Waals surface area contributed by atoms with Gasteiger partial charge in [-0.15, -0.1) is 0 Å². The van der Waals surface area contributed by atoms with Gasteiger partial charge in [0.05, 0.1) is 46.2 Å². The van der Waals surface area contributed by atoms with E-state index in [0.29, 0.717) is 34.7 Å². The van der Waals surface area contributed by atoms with E-state index in [9.17, 15) is 4.79 Å². The van der Waals surface area contributed by atoms with Crippen molar-refractivity contribution in [2.75, 3.05) is 21.3 Å². The molecule has 0 amide bonds. The van der Waals surface area contributed by atoms with Crippen LogP contribution in [-0.4, -0.2) is 36.0 Å². The minimum atomic E-state index is -0.208. The average molecular weight is 356 g/mol. The maximum atomic E-state index is 12.9. The number of aliphatic hydroxyl groups is 1. The molecule has 0 unspecified atom stereocenters. The summed E-state index contributed by atoms with van der Waals surface area (Å²) in [7, 11) is 4.50. The number of aromatic nitrogens is 2. The molecule has 2 aromatic carbocycles. The highest BCUT2D eigenvalue weighted by molar-refractivity contribution is 5.89. The molecule has 0 aliphatic heterocycles. The molecule has 26 heavy (non-hydrogen) atoms. The molecule has 1 heterocycles. The van der Waals surface area contributed by atoms with Crippen LogP contribution in [0.5, 0.6) is 17.2 Å². The van der Waals surface area contributed by atoms with E-state index in [1.54, 1.807) is 6.07 Å². The van der Waals surface area contributed by atoms with Crippen molar-refractivity contribution >= 4 is 10.9 Å². The molecule has 0 atom stereocenters. The molecule has 1 aromatic heterocycles. The lowest BCUT2D eigenvalue weighted by molar-refractivity contribution is 0.282. The molecule has 0 aliphatic carbocycles. The van der Waals surface area contributed by atoms with Gasteiger partial charge in [0.15, 0.2) is 11.5 Å². The number of fused-ring (bicyclic) bond motifs is 1. The van der Waals surface area contributed by atoms with Crippen molar-refractivity contribution < 1.29 is 19.3 Å². The summed E-state index contributed by atoms with van der Waals surface area (Å²) < 4.78 is 17.6. The molecule has 136 valence electrons. The summed E-state index contributed by atoms with van der Waals surface area (Å²) >= 11 is 0. The van der Waals surface area contributed by atoms with E-state index in [4.69, 9.17) is 19.3 Å². The second-order valence-corrected chi connectivity index (χ2v) is 5.69. The van der Waals surface area contributed by atoms with Crippen molar-refractivity contribution in [1.29, 1.82) is 0 Å². The lowest BCUT2D eigenvalue weighted by atomic mass is 10.1. The van der Waals surface area contributed by atoms with Gasteiger partial charge in [-0.3, -0.25) is 9.36 Å². The van der Waals surface area contributed by atoms with Gasteiger partial charge in [0, 0.05) is 0 Å². The number of nitrogens with zero attached hydrogens (tertiary/aromatic N) is 2. The van der Waals surface area contributed by atoms with Gasteiger partial charge in [0.25, 0.3) is 5.56 Å². The van der Waals surface area contributed by atoms with E-state index >= 15 is 0 Å². The molecule has 3 rings (SSSR count). The van der Waals surface area contributed by atoms with Crippen LogP contribution in [0.2, 0.25) is 0 Å². The first-order chi connectivity index (χ1) is 12.6. The molecule has 0 saturated carbocycles. The van der Waals surface area contributed by atoms with Crippen LogP contribution in [-0.2, 0) is 13.2 Å². The van der Waals surface area contributed by atoms with Crippen molar-refractivity contribution in [3.05, 3.63) is 58.1 Å². The molecule has 0 bridgehead atoms. The van der Waals surface area contributed by atoms with Crippen molar-refractivity contribution in [1.82, 2.24) is 9.55 Å². The SMILES string of the molecule is COc1cc2c(=O)n(Cc3ccc(CO)cc3)cnc2c(OC)c1OC. The van der Waals surface area contributed by atoms with Crippen LogP contribution >= 0.6 is 0 Å². The van der Waals surface area contributed by atoms with E-state index in [1.165, 1.54) is 32.2 Å². The summed E-state index contributed by atoms with van der Waals surface area (Å²) in [6, 6.07) is 9.00. The lowest BCUT2D eigenvalue weighted by Crippen LogP contribution is -2.21. The zero-order valence-electron chi connectivity index (χ0n) is 14.9. The van der Waals surface area contributed by atoms with Crippen molar-refractivity contribution in [3.8, 4) is 17.2 Å². The van der Waals surface area contributed by atoms with Gasteiger partial charge >= 0.3 is 0 Å². The highest BCUT2D eigenvalue weighted by atomic mass is 16.5. The first-order valence-electron chi connectivity index (χ1n) is 7.99. The monoisotopic (exact) mass is 356 g/mol. The molecule has 7 nitrogen and oxygen atoms in total. The Morgan fingerprint density at radius 3 is 2.23 bits per heavy atom. The summed E-state index contributed by atoms with van der Waals surface area (Å²) in [6.45, 7) is 0.351. The minimum Gasteiger partial charge on any atom is -0.493 e. The topological polar surface area (TPSA) is 82.8 Å². The van der Waals surface area contributed by atoms with Gasteiger partial charge in [0.1, 0.15) is 5.52 Å². The van der Waals surface area contributed by atoms with Crippen LogP contribution in [0.15, 0.2) is 41.5 Å². The quantitative estimate of drug-likeness (QED) is 0.727. The number of rotatable bonds is 6. The largest absolute Gasteiger partial charge is 0.493 e. The lowest BCUT2D eigenvalue weighted by Gasteiger charge is -2.15. The molecule has 0 saturated heterocycles. The van der Waals surface area contributed by atoms with E-state index < -0.39 is 0 Å². The van der Waals surface area contributed by atoms with Crippen LogP contribution in [0.4, 0.5) is 0 Å². The van der Waals surface area contributed by atoms with Crippen molar-refractivity contribution in [2.24, 2.45) is 0 Å². The summed E-state index contributed by atoms with van der Waals surface area (Å²) in [5.74, 6) is 1.16. The molecule has 0 radical (unpaired) electrons. The molecule has 1 N–H and O–H groups in total. The second kappa shape index (κ2) is 7.45. The average Bonchev–Trinajstić information content (AvgIpc) is 2.69. The van der Waals surface area contributed by atoms with Crippen LogP contribution in [0.3, 0.4) is 0 Å².